The molecule has 0 radical (unpaired) electrons. The Balaban J connectivity index is 1.59. The summed E-state index contributed by atoms with van der Waals surface area (Å²) in [6.45, 7) is 4.67. The van der Waals surface area contributed by atoms with Gasteiger partial charge in [-0.2, -0.15) is 5.10 Å². The van der Waals surface area contributed by atoms with Gasteiger partial charge < -0.3 is 10.1 Å². The van der Waals surface area contributed by atoms with E-state index < -0.39 is 36.3 Å². The van der Waals surface area contributed by atoms with Crippen LogP contribution >= 0.6 is 0 Å². The van der Waals surface area contributed by atoms with Crippen LogP contribution in [0.3, 0.4) is 0 Å². The number of imide groups is 1. The highest BCUT2D eigenvalue weighted by molar-refractivity contribution is 6.22. The number of hydrogen-bond donors (Lipinski definition) is 1. The molecule has 3 amide bonds. The molecule has 0 unspecified atom stereocenters. The van der Waals surface area contributed by atoms with E-state index in [1.165, 1.54) is 19.1 Å². The predicted molar refractivity (Wildman–Crippen MR) is 98.6 cm³/mol. The molecule has 9 nitrogen and oxygen atoms in total. The molecule has 1 aliphatic rings. The van der Waals surface area contributed by atoms with Gasteiger partial charge in [0, 0.05) is 12.1 Å². The van der Waals surface area contributed by atoms with E-state index in [2.05, 4.69) is 10.4 Å². The van der Waals surface area contributed by atoms with E-state index in [-0.39, 0.29) is 17.2 Å². The molecule has 1 aliphatic heterocycles. The Kier molecular flexibility index (Phi) is 5.25. The maximum Gasteiger partial charge on any atom is 0.326 e. The van der Waals surface area contributed by atoms with Gasteiger partial charge in [0.05, 0.1) is 17.3 Å². The first-order valence-electron chi connectivity index (χ1n) is 8.78. The lowest BCUT2D eigenvalue weighted by molar-refractivity contribution is -0.153. The number of benzene rings is 1. The standard InChI is InChI=1S/C19H20N4O5/c1-11(2)23-15(8-9-20-23)21-17(25)12(3)28-16(24)10-22-18(26)13-6-4-5-7-14(13)19(22)27/h4-9,11-12H,10H2,1-3H3,(H,21,25)/t12-/m1/s1. The van der Waals surface area contributed by atoms with Crippen LogP contribution in [0, 0.1) is 0 Å². The molecule has 0 saturated carbocycles. The normalized spacial score (nSPS) is 14.2. The van der Waals surface area contributed by atoms with Gasteiger partial charge in [0.2, 0.25) is 0 Å². The number of hydrogen-bond acceptors (Lipinski definition) is 6. The van der Waals surface area contributed by atoms with Crippen molar-refractivity contribution >= 4 is 29.5 Å². The first-order valence-corrected chi connectivity index (χ1v) is 8.78. The first-order chi connectivity index (χ1) is 13.3. The second-order valence-corrected chi connectivity index (χ2v) is 6.62. The molecule has 3 rings (SSSR count). The molecule has 2 heterocycles. The van der Waals surface area contributed by atoms with Crippen LogP contribution in [-0.4, -0.2) is 51.0 Å². The molecule has 0 bridgehead atoms. The predicted octanol–water partition coefficient (Wildman–Crippen LogP) is 1.63. The number of nitrogens with one attached hydrogen (secondary N) is 1. The molecule has 1 aromatic heterocycles. The van der Waals surface area contributed by atoms with Gasteiger partial charge in [-0.3, -0.25) is 24.1 Å². The molecule has 1 aromatic carbocycles. The molecule has 28 heavy (non-hydrogen) atoms. The van der Waals surface area contributed by atoms with Crippen LogP contribution in [0.15, 0.2) is 36.5 Å². The molecule has 0 fully saturated rings. The number of anilines is 1. The lowest BCUT2D eigenvalue weighted by Crippen LogP contribution is -2.38. The van der Waals surface area contributed by atoms with Crippen molar-refractivity contribution in [3.8, 4) is 0 Å². The Morgan fingerprint density at radius 3 is 2.25 bits per heavy atom. The van der Waals surface area contributed by atoms with Crippen LogP contribution in [0.25, 0.3) is 0 Å². The van der Waals surface area contributed by atoms with Crippen molar-refractivity contribution in [3.05, 3.63) is 47.7 Å². The zero-order valence-corrected chi connectivity index (χ0v) is 15.7. The first kappa shape index (κ1) is 19.3. The molecule has 9 heteroatoms. The number of fused-ring (bicyclic) bond motifs is 1. The summed E-state index contributed by atoms with van der Waals surface area (Å²) >= 11 is 0. The quantitative estimate of drug-likeness (QED) is 0.599. The highest BCUT2D eigenvalue weighted by Crippen LogP contribution is 2.22. The SMILES string of the molecule is CC(C)n1nccc1NC(=O)[C@@H](C)OC(=O)CN1C(=O)c2ccccc2C1=O. The van der Waals surface area contributed by atoms with Gasteiger partial charge in [0.15, 0.2) is 6.10 Å². The minimum absolute atomic E-state index is 0.0389. The van der Waals surface area contributed by atoms with Gasteiger partial charge in [-0.05, 0) is 32.9 Å². The number of rotatable bonds is 6. The Morgan fingerprint density at radius 1 is 1.07 bits per heavy atom. The van der Waals surface area contributed by atoms with E-state index in [9.17, 15) is 19.2 Å². The lowest BCUT2D eigenvalue weighted by Gasteiger charge is -2.17. The average molecular weight is 384 g/mol. The number of ether oxygens (including phenoxy) is 1. The van der Waals surface area contributed by atoms with E-state index in [0.29, 0.717) is 5.82 Å². The van der Waals surface area contributed by atoms with E-state index in [1.807, 2.05) is 13.8 Å². The molecule has 0 spiro atoms. The summed E-state index contributed by atoms with van der Waals surface area (Å²) in [5, 5.41) is 6.75. The van der Waals surface area contributed by atoms with Crippen molar-refractivity contribution in [1.82, 2.24) is 14.7 Å². The monoisotopic (exact) mass is 384 g/mol. The highest BCUT2D eigenvalue weighted by Gasteiger charge is 2.37. The summed E-state index contributed by atoms with van der Waals surface area (Å²) in [6.07, 6.45) is 0.437. The minimum Gasteiger partial charge on any atom is -0.451 e. The number of nitrogens with zero attached hydrogens (tertiary/aromatic N) is 3. The second kappa shape index (κ2) is 7.63. The number of carbonyl (C=O) groups excluding carboxylic acids is 4. The van der Waals surface area contributed by atoms with Gasteiger partial charge in [-0.15, -0.1) is 0 Å². The fourth-order valence-electron chi connectivity index (χ4n) is 2.85. The zero-order valence-electron chi connectivity index (χ0n) is 15.7. The molecular weight excluding hydrogens is 364 g/mol. The van der Waals surface area contributed by atoms with E-state index >= 15 is 0 Å². The largest absolute Gasteiger partial charge is 0.451 e. The summed E-state index contributed by atoms with van der Waals surface area (Å²) in [5.74, 6) is -2.04. The fourth-order valence-corrected chi connectivity index (χ4v) is 2.85. The Bertz CT molecular complexity index is 914. The maximum atomic E-state index is 12.3. The van der Waals surface area contributed by atoms with Crippen LogP contribution in [0.1, 0.15) is 47.5 Å². The van der Waals surface area contributed by atoms with Crippen LogP contribution in [0.4, 0.5) is 5.82 Å². The van der Waals surface area contributed by atoms with E-state index in [1.54, 1.807) is 29.1 Å². The number of esters is 1. The molecule has 0 aliphatic carbocycles. The third-order valence-electron chi connectivity index (χ3n) is 4.25. The lowest BCUT2D eigenvalue weighted by atomic mass is 10.1. The molecule has 146 valence electrons. The number of amides is 3. The van der Waals surface area contributed by atoms with E-state index in [0.717, 1.165) is 4.90 Å². The summed E-state index contributed by atoms with van der Waals surface area (Å²) in [7, 11) is 0. The van der Waals surface area contributed by atoms with Crippen molar-refractivity contribution in [3.63, 3.8) is 0 Å². The topological polar surface area (TPSA) is 111 Å². The average Bonchev–Trinajstić information content (AvgIpc) is 3.21. The second-order valence-electron chi connectivity index (χ2n) is 6.62. The zero-order chi connectivity index (χ0) is 20.4. The summed E-state index contributed by atoms with van der Waals surface area (Å²) in [4.78, 5) is 49.8. The van der Waals surface area contributed by atoms with Crippen LogP contribution < -0.4 is 5.32 Å². The van der Waals surface area contributed by atoms with Crippen LogP contribution in [-0.2, 0) is 14.3 Å². The Hall–Kier alpha value is -3.49. The summed E-state index contributed by atoms with van der Waals surface area (Å²) < 4.78 is 6.71. The van der Waals surface area contributed by atoms with Crippen molar-refractivity contribution < 1.29 is 23.9 Å². The van der Waals surface area contributed by atoms with Crippen molar-refractivity contribution in [2.75, 3.05) is 11.9 Å². The van der Waals surface area contributed by atoms with Crippen molar-refractivity contribution in [2.24, 2.45) is 0 Å². The third-order valence-corrected chi connectivity index (χ3v) is 4.25. The Morgan fingerprint density at radius 2 is 1.68 bits per heavy atom. The molecule has 2 aromatic rings. The van der Waals surface area contributed by atoms with Gasteiger partial charge >= 0.3 is 5.97 Å². The van der Waals surface area contributed by atoms with Gasteiger partial charge in [0.1, 0.15) is 12.4 Å². The van der Waals surface area contributed by atoms with Gasteiger partial charge in [-0.25, -0.2) is 4.68 Å². The Labute approximate surface area is 161 Å². The number of carbonyl (C=O) groups is 4. The van der Waals surface area contributed by atoms with Gasteiger partial charge in [0.25, 0.3) is 17.7 Å². The molecular formula is C19H20N4O5. The van der Waals surface area contributed by atoms with Crippen molar-refractivity contribution in [2.45, 2.75) is 32.9 Å². The number of aromatic nitrogens is 2. The summed E-state index contributed by atoms with van der Waals surface area (Å²) in [6, 6.07) is 7.99. The van der Waals surface area contributed by atoms with Crippen molar-refractivity contribution in [1.29, 1.82) is 0 Å². The maximum absolute atomic E-state index is 12.3. The van der Waals surface area contributed by atoms with Crippen LogP contribution in [0.2, 0.25) is 0 Å². The minimum atomic E-state index is -1.11. The highest BCUT2D eigenvalue weighted by atomic mass is 16.5. The van der Waals surface area contributed by atoms with Crippen LogP contribution in [0.5, 0.6) is 0 Å². The molecule has 1 atom stereocenters. The fraction of sp³-hybridized carbons (Fsp3) is 0.316. The third kappa shape index (κ3) is 3.64. The smallest absolute Gasteiger partial charge is 0.326 e. The van der Waals surface area contributed by atoms with Gasteiger partial charge in [-0.1, -0.05) is 12.1 Å². The van der Waals surface area contributed by atoms with E-state index in [4.69, 9.17) is 4.74 Å². The summed E-state index contributed by atoms with van der Waals surface area (Å²) in [5.41, 5.74) is 0.487. The molecule has 1 N–H and O–H groups in total. The molecule has 0 saturated heterocycles.